The van der Waals surface area contributed by atoms with Gasteiger partial charge in [-0.1, -0.05) is 6.07 Å². The van der Waals surface area contributed by atoms with E-state index in [0.717, 1.165) is 37.2 Å². The highest BCUT2D eigenvalue weighted by Crippen LogP contribution is 2.39. The lowest BCUT2D eigenvalue weighted by atomic mass is 9.77. The molecule has 34 heavy (non-hydrogen) atoms. The Bertz CT molecular complexity index is 1190. The van der Waals surface area contributed by atoms with Crippen LogP contribution in [-0.4, -0.2) is 44.4 Å². The molecule has 1 saturated carbocycles. The van der Waals surface area contributed by atoms with Crippen molar-refractivity contribution < 1.29 is 22.7 Å². The van der Waals surface area contributed by atoms with Gasteiger partial charge in [-0.3, -0.25) is 9.78 Å². The first-order valence-corrected chi connectivity index (χ1v) is 11.2. The molecule has 6 rings (SSSR count). The van der Waals surface area contributed by atoms with Crippen LogP contribution in [0.25, 0.3) is 11.3 Å². The van der Waals surface area contributed by atoms with Crippen molar-refractivity contribution in [1.29, 1.82) is 0 Å². The van der Waals surface area contributed by atoms with Crippen LogP contribution in [0, 0.1) is 12.8 Å². The standard InChI is InChI=1S/C25H23F3N4O2/c1-15-5-8-18(19-4-2-3-11-29-19)23(31-15)24(33)32-14-16-6-9-20(32)21(12-16)34-22-10-7-17(13-30-22)25(26,27)28/h2-5,7-8,10-11,13,16,20-21H,6,9,12,14H2,1H3/t16-,20-,21+/m0/s1. The highest BCUT2D eigenvalue weighted by atomic mass is 19.4. The minimum absolute atomic E-state index is 0.126. The van der Waals surface area contributed by atoms with Gasteiger partial charge in [-0.25, -0.2) is 9.97 Å². The van der Waals surface area contributed by atoms with E-state index in [1.807, 2.05) is 37.3 Å². The smallest absolute Gasteiger partial charge is 0.417 e. The van der Waals surface area contributed by atoms with Gasteiger partial charge in [0.15, 0.2) is 0 Å². The van der Waals surface area contributed by atoms with Crippen LogP contribution in [0.3, 0.4) is 0 Å². The maximum Gasteiger partial charge on any atom is 0.417 e. The highest BCUT2D eigenvalue weighted by molar-refractivity contribution is 5.99. The fourth-order valence-electron chi connectivity index (χ4n) is 4.85. The number of carbonyl (C=O) groups is 1. The van der Waals surface area contributed by atoms with E-state index >= 15 is 0 Å². The van der Waals surface area contributed by atoms with E-state index in [0.29, 0.717) is 23.5 Å². The summed E-state index contributed by atoms with van der Waals surface area (Å²) in [6.45, 7) is 2.44. The molecule has 5 heterocycles. The van der Waals surface area contributed by atoms with E-state index in [1.165, 1.54) is 6.07 Å². The van der Waals surface area contributed by atoms with Crippen LogP contribution in [0.1, 0.15) is 41.0 Å². The molecule has 9 heteroatoms. The van der Waals surface area contributed by atoms with Crippen LogP contribution >= 0.6 is 0 Å². The fourth-order valence-corrected chi connectivity index (χ4v) is 4.85. The number of alkyl halides is 3. The number of carbonyl (C=O) groups excluding carboxylic acids is 1. The third-order valence-electron chi connectivity index (χ3n) is 6.50. The topological polar surface area (TPSA) is 68.2 Å². The lowest BCUT2D eigenvalue weighted by Crippen LogP contribution is -2.59. The SMILES string of the molecule is Cc1ccc(-c2ccccn2)c(C(=O)N2C[C@H]3CC[C@H]2[C@H](Oc2ccc(C(F)(F)F)cn2)C3)n1. The molecule has 3 atom stereocenters. The van der Waals surface area contributed by atoms with Gasteiger partial charge in [0.1, 0.15) is 11.8 Å². The molecule has 176 valence electrons. The average molecular weight is 468 g/mol. The van der Waals surface area contributed by atoms with Gasteiger partial charge >= 0.3 is 6.18 Å². The molecule has 0 N–H and O–H groups in total. The van der Waals surface area contributed by atoms with Gasteiger partial charge in [0.2, 0.25) is 5.88 Å². The van der Waals surface area contributed by atoms with Gasteiger partial charge in [-0.05, 0) is 62.4 Å². The lowest BCUT2D eigenvalue weighted by Gasteiger charge is -2.49. The van der Waals surface area contributed by atoms with Crippen molar-refractivity contribution in [1.82, 2.24) is 19.9 Å². The molecule has 1 aliphatic carbocycles. The number of ether oxygens (including phenoxy) is 1. The third kappa shape index (κ3) is 4.34. The second kappa shape index (κ2) is 8.70. The van der Waals surface area contributed by atoms with Crippen molar-refractivity contribution in [2.24, 2.45) is 5.92 Å². The first-order chi connectivity index (χ1) is 16.3. The fraction of sp³-hybridized carbons (Fsp3) is 0.360. The Morgan fingerprint density at radius 1 is 1.09 bits per heavy atom. The zero-order chi connectivity index (χ0) is 23.9. The van der Waals surface area contributed by atoms with Gasteiger partial charge in [0, 0.05) is 36.3 Å². The highest BCUT2D eigenvalue weighted by Gasteiger charge is 2.45. The van der Waals surface area contributed by atoms with E-state index < -0.39 is 11.7 Å². The van der Waals surface area contributed by atoms with Gasteiger partial charge in [-0.15, -0.1) is 0 Å². The predicted octanol–water partition coefficient (Wildman–Crippen LogP) is 4.94. The minimum atomic E-state index is -4.45. The number of piperidine rings is 2. The number of aromatic nitrogens is 3. The second-order valence-electron chi connectivity index (χ2n) is 8.81. The van der Waals surface area contributed by atoms with Crippen molar-refractivity contribution in [2.45, 2.75) is 44.5 Å². The van der Waals surface area contributed by atoms with Crippen LogP contribution in [0.2, 0.25) is 0 Å². The number of rotatable bonds is 4. The Hall–Kier alpha value is -3.49. The summed E-state index contributed by atoms with van der Waals surface area (Å²) in [6.07, 6.45) is 0.109. The van der Waals surface area contributed by atoms with Crippen LogP contribution in [0.5, 0.6) is 5.88 Å². The third-order valence-corrected chi connectivity index (χ3v) is 6.50. The van der Waals surface area contributed by atoms with Gasteiger partial charge < -0.3 is 9.64 Å². The molecule has 2 saturated heterocycles. The quantitative estimate of drug-likeness (QED) is 0.543. The maximum atomic E-state index is 13.7. The summed E-state index contributed by atoms with van der Waals surface area (Å²) in [5.74, 6) is 0.185. The largest absolute Gasteiger partial charge is 0.472 e. The van der Waals surface area contributed by atoms with Gasteiger partial charge in [0.05, 0.1) is 17.3 Å². The average Bonchev–Trinajstić information content (AvgIpc) is 2.84. The molecule has 2 bridgehead atoms. The number of nitrogens with zero attached hydrogens (tertiary/aromatic N) is 4. The first-order valence-electron chi connectivity index (χ1n) is 11.2. The zero-order valence-corrected chi connectivity index (χ0v) is 18.5. The number of hydrogen-bond acceptors (Lipinski definition) is 5. The summed E-state index contributed by atoms with van der Waals surface area (Å²) < 4.78 is 44.6. The Morgan fingerprint density at radius 2 is 1.94 bits per heavy atom. The van der Waals surface area contributed by atoms with Crippen LogP contribution in [0.4, 0.5) is 13.2 Å². The molecule has 0 radical (unpaired) electrons. The van der Waals surface area contributed by atoms with Crippen molar-refractivity contribution in [3.8, 4) is 17.1 Å². The Balaban J connectivity index is 1.40. The Kier molecular flexibility index (Phi) is 5.71. The van der Waals surface area contributed by atoms with Crippen LogP contribution < -0.4 is 4.74 Å². The summed E-state index contributed by atoms with van der Waals surface area (Å²) in [5.41, 5.74) is 1.58. The normalized spacial score (nSPS) is 22.0. The second-order valence-corrected chi connectivity index (χ2v) is 8.81. The van der Waals surface area contributed by atoms with Gasteiger partial charge in [-0.2, -0.15) is 13.2 Å². The van der Waals surface area contributed by atoms with E-state index in [9.17, 15) is 18.0 Å². The predicted molar refractivity (Wildman–Crippen MR) is 118 cm³/mol. The number of hydrogen-bond donors (Lipinski definition) is 0. The van der Waals surface area contributed by atoms with Crippen LogP contribution in [0.15, 0.2) is 54.9 Å². The molecular formula is C25H23F3N4O2. The van der Waals surface area contributed by atoms with Crippen molar-refractivity contribution in [3.05, 3.63) is 71.8 Å². The zero-order valence-electron chi connectivity index (χ0n) is 18.5. The summed E-state index contributed by atoms with van der Waals surface area (Å²) >= 11 is 0. The molecule has 3 aromatic rings. The van der Waals surface area contributed by atoms with Gasteiger partial charge in [0.25, 0.3) is 5.91 Å². The molecule has 2 aliphatic heterocycles. The van der Waals surface area contributed by atoms with E-state index in [-0.39, 0.29) is 29.9 Å². The van der Waals surface area contributed by atoms with Crippen LogP contribution in [-0.2, 0) is 6.18 Å². The van der Waals surface area contributed by atoms with Crippen molar-refractivity contribution in [2.75, 3.05) is 6.54 Å². The maximum absolute atomic E-state index is 13.7. The number of amides is 1. The first kappa shape index (κ1) is 22.3. The molecule has 0 unspecified atom stereocenters. The monoisotopic (exact) mass is 468 g/mol. The van der Waals surface area contributed by atoms with E-state index in [1.54, 1.807) is 11.1 Å². The molecule has 1 amide bonds. The minimum Gasteiger partial charge on any atom is -0.472 e. The molecule has 3 aliphatic rings. The number of pyridine rings is 3. The van der Waals surface area contributed by atoms with Crippen molar-refractivity contribution >= 4 is 5.91 Å². The Morgan fingerprint density at radius 3 is 2.62 bits per heavy atom. The molecule has 6 nitrogen and oxygen atoms in total. The molecular weight excluding hydrogens is 445 g/mol. The number of aryl methyl sites for hydroxylation is 1. The molecule has 0 aromatic carbocycles. The summed E-state index contributed by atoms with van der Waals surface area (Å²) in [7, 11) is 0. The summed E-state index contributed by atoms with van der Waals surface area (Å²) in [6, 6.07) is 11.2. The molecule has 3 fully saturated rings. The van der Waals surface area contributed by atoms with E-state index in [2.05, 4.69) is 15.0 Å². The lowest BCUT2D eigenvalue weighted by molar-refractivity contribution is -0.137. The molecule has 3 aromatic heterocycles. The Labute approximate surface area is 194 Å². The van der Waals surface area contributed by atoms with Crippen molar-refractivity contribution in [3.63, 3.8) is 0 Å². The summed E-state index contributed by atoms with van der Waals surface area (Å²) in [4.78, 5) is 28.3. The number of halogens is 3. The molecule has 0 spiro atoms. The number of fused-ring (bicyclic) bond motifs is 3. The van der Waals surface area contributed by atoms with E-state index in [4.69, 9.17) is 4.74 Å². The summed E-state index contributed by atoms with van der Waals surface area (Å²) in [5, 5.41) is 0.